The lowest BCUT2D eigenvalue weighted by Gasteiger charge is -2.30. The summed E-state index contributed by atoms with van der Waals surface area (Å²) in [6, 6.07) is 8.61. The predicted molar refractivity (Wildman–Crippen MR) is 93.2 cm³/mol. The normalized spacial score (nSPS) is 21.4. The molecule has 142 valence electrons. The van der Waals surface area contributed by atoms with Gasteiger partial charge >= 0.3 is 5.97 Å². The monoisotopic (exact) mass is 372 g/mol. The van der Waals surface area contributed by atoms with E-state index < -0.39 is 35.5 Å². The first-order valence-electron chi connectivity index (χ1n) is 8.37. The van der Waals surface area contributed by atoms with Crippen LogP contribution >= 0.6 is 0 Å². The van der Waals surface area contributed by atoms with Gasteiger partial charge in [0.25, 0.3) is 0 Å². The first-order valence-corrected chi connectivity index (χ1v) is 8.37. The number of hydrogen-bond donors (Lipinski definition) is 3. The highest BCUT2D eigenvalue weighted by atomic mass is 16.7. The van der Waals surface area contributed by atoms with Crippen LogP contribution in [-0.2, 0) is 25.7 Å². The van der Waals surface area contributed by atoms with Crippen LogP contribution in [0.3, 0.4) is 0 Å². The van der Waals surface area contributed by atoms with Gasteiger partial charge in [-0.1, -0.05) is 30.3 Å². The number of primary amides is 1. The van der Waals surface area contributed by atoms with Crippen LogP contribution < -0.4 is 11.1 Å². The summed E-state index contributed by atoms with van der Waals surface area (Å²) in [6.45, 7) is 1.55. The van der Waals surface area contributed by atoms with E-state index in [0.717, 1.165) is 5.56 Å². The second kappa shape index (κ2) is 7.68. The molecule has 1 saturated heterocycles. The van der Waals surface area contributed by atoms with Gasteiger partial charge in [-0.25, -0.2) is 4.98 Å². The van der Waals surface area contributed by atoms with Crippen LogP contribution in [0.15, 0.2) is 42.7 Å². The van der Waals surface area contributed by atoms with Gasteiger partial charge in [0.1, 0.15) is 0 Å². The number of imidazole rings is 1. The molecule has 0 spiro atoms. The van der Waals surface area contributed by atoms with Crippen molar-refractivity contribution in [3.05, 3.63) is 54.1 Å². The fourth-order valence-electron chi connectivity index (χ4n) is 2.80. The van der Waals surface area contributed by atoms with Gasteiger partial charge in [0.15, 0.2) is 11.4 Å². The largest absolute Gasteiger partial charge is 0.434 e. The van der Waals surface area contributed by atoms with Gasteiger partial charge in [-0.15, -0.1) is 0 Å². The van der Waals surface area contributed by atoms with Crippen molar-refractivity contribution in [3.8, 4) is 0 Å². The third kappa shape index (κ3) is 4.04. The molecular weight excluding hydrogens is 352 g/mol. The summed E-state index contributed by atoms with van der Waals surface area (Å²) in [5.74, 6) is -2.05. The van der Waals surface area contributed by atoms with Crippen LogP contribution in [0, 0.1) is 0 Å². The van der Waals surface area contributed by atoms with E-state index in [9.17, 15) is 14.4 Å². The van der Waals surface area contributed by atoms with E-state index in [1.54, 1.807) is 0 Å². The summed E-state index contributed by atoms with van der Waals surface area (Å²) < 4.78 is 10.9. The molecule has 1 amide bonds. The number of nitrogens with one attached hydrogen (secondary N) is 2. The molecular formula is C18H20N4O5. The van der Waals surface area contributed by atoms with Crippen LogP contribution in [0.1, 0.15) is 29.5 Å². The highest BCUT2D eigenvalue weighted by molar-refractivity contribution is 6.15. The molecule has 2 heterocycles. The molecule has 3 atom stereocenters. The van der Waals surface area contributed by atoms with Gasteiger partial charge in [0, 0.05) is 12.4 Å². The maximum absolute atomic E-state index is 12.7. The Morgan fingerprint density at radius 2 is 2.15 bits per heavy atom. The number of ether oxygens (including phenoxy) is 2. The van der Waals surface area contributed by atoms with E-state index in [-0.39, 0.29) is 18.9 Å². The van der Waals surface area contributed by atoms with Gasteiger partial charge < -0.3 is 20.2 Å². The second-order valence-electron chi connectivity index (χ2n) is 6.37. The minimum Gasteiger partial charge on any atom is -0.434 e. The van der Waals surface area contributed by atoms with E-state index in [1.165, 1.54) is 19.3 Å². The number of amides is 1. The average Bonchev–Trinajstić information content (AvgIpc) is 3.30. The van der Waals surface area contributed by atoms with Gasteiger partial charge in [0.2, 0.25) is 18.0 Å². The van der Waals surface area contributed by atoms with Crippen LogP contribution in [-0.4, -0.2) is 45.5 Å². The number of ketones is 1. The number of carbonyl (C=O) groups excluding carboxylic acids is 3. The Morgan fingerprint density at radius 3 is 2.78 bits per heavy atom. The van der Waals surface area contributed by atoms with E-state index >= 15 is 0 Å². The maximum Gasteiger partial charge on any atom is 0.309 e. The fourth-order valence-corrected chi connectivity index (χ4v) is 2.80. The molecule has 1 aromatic heterocycles. The second-order valence-corrected chi connectivity index (χ2v) is 6.37. The zero-order valence-corrected chi connectivity index (χ0v) is 14.7. The zero-order chi connectivity index (χ0) is 19.4. The van der Waals surface area contributed by atoms with Crippen molar-refractivity contribution >= 4 is 17.7 Å². The zero-order valence-electron chi connectivity index (χ0n) is 14.7. The van der Waals surface area contributed by atoms with Crippen molar-refractivity contribution in [1.82, 2.24) is 15.3 Å². The molecule has 1 aliphatic heterocycles. The predicted octanol–water partition coefficient (Wildman–Crippen LogP) is 0.284. The summed E-state index contributed by atoms with van der Waals surface area (Å²) in [7, 11) is 0. The van der Waals surface area contributed by atoms with Gasteiger partial charge in [0.05, 0.1) is 19.1 Å². The standard InChI is InChI=1S/C18H20N4O5/c1-18(17(19)25,14(24)15-20-7-8-21-15)22-12-9-13(23)27-16(12)26-10-11-5-3-2-4-6-11/h2-8,12,16,22H,9-10H2,1H3,(H2,19,25)(H,20,21)/t12?,16?,18-/m1/s1. The van der Waals surface area contributed by atoms with Crippen LogP contribution in [0.4, 0.5) is 0 Å². The third-order valence-corrected chi connectivity index (χ3v) is 4.35. The van der Waals surface area contributed by atoms with Crippen LogP contribution in [0.25, 0.3) is 0 Å². The van der Waals surface area contributed by atoms with Gasteiger partial charge in [-0.2, -0.15) is 0 Å². The quantitative estimate of drug-likeness (QED) is 0.344. The summed E-state index contributed by atoms with van der Waals surface area (Å²) in [6.07, 6.45) is 1.83. The number of rotatable bonds is 8. The molecule has 1 aromatic carbocycles. The lowest BCUT2D eigenvalue weighted by atomic mass is 9.93. The van der Waals surface area contributed by atoms with E-state index in [1.807, 2.05) is 30.3 Å². The lowest BCUT2D eigenvalue weighted by molar-refractivity contribution is -0.167. The highest BCUT2D eigenvalue weighted by Crippen LogP contribution is 2.22. The fraction of sp³-hybridized carbons (Fsp3) is 0.333. The molecule has 0 aliphatic carbocycles. The Bertz CT molecular complexity index is 824. The summed E-state index contributed by atoms with van der Waals surface area (Å²) in [5, 5.41) is 2.84. The smallest absolute Gasteiger partial charge is 0.309 e. The van der Waals surface area contributed by atoms with E-state index in [2.05, 4.69) is 15.3 Å². The topological polar surface area (TPSA) is 136 Å². The minimum absolute atomic E-state index is 0.0178. The molecule has 4 N–H and O–H groups in total. The minimum atomic E-state index is -1.79. The number of nitrogens with two attached hydrogens (primary N) is 1. The SMILES string of the molecule is C[C@](NC1CC(=O)OC1OCc1ccccc1)(C(N)=O)C(=O)c1ncc[nH]1. The number of carbonyl (C=O) groups is 3. The molecule has 0 radical (unpaired) electrons. The Balaban J connectivity index is 1.74. The first kappa shape index (κ1) is 18.7. The Morgan fingerprint density at radius 1 is 1.41 bits per heavy atom. The number of aromatic amines is 1. The number of Topliss-reactive ketones (excluding diaryl/α,β-unsaturated/α-hetero) is 1. The van der Waals surface area contributed by atoms with E-state index in [0.29, 0.717) is 0 Å². The van der Waals surface area contributed by atoms with Crippen molar-refractivity contribution in [2.45, 2.75) is 37.8 Å². The highest BCUT2D eigenvalue weighted by Gasteiger charge is 2.47. The number of hydrogen-bond acceptors (Lipinski definition) is 7. The molecule has 0 bridgehead atoms. The van der Waals surface area contributed by atoms with Crippen LogP contribution in [0.5, 0.6) is 0 Å². The molecule has 9 heteroatoms. The van der Waals surface area contributed by atoms with Gasteiger partial charge in [-0.3, -0.25) is 19.7 Å². The molecule has 1 aliphatic rings. The Hall–Kier alpha value is -3.04. The number of nitrogens with zero attached hydrogens (tertiary/aromatic N) is 1. The Kier molecular flexibility index (Phi) is 5.33. The van der Waals surface area contributed by atoms with Crippen LogP contribution in [0.2, 0.25) is 0 Å². The number of aromatic nitrogens is 2. The number of benzene rings is 1. The molecule has 3 rings (SSSR count). The van der Waals surface area contributed by atoms with Crippen molar-refractivity contribution in [2.75, 3.05) is 0 Å². The lowest BCUT2D eigenvalue weighted by Crippen LogP contribution is -2.63. The van der Waals surface area contributed by atoms with Crippen molar-refractivity contribution in [3.63, 3.8) is 0 Å². The summed E-state index contributed by atoms with van der Waals surface area (Å²) >= 11 is 0. The first-order chi connectivity index (χ1) is 12.9. The number of cyclic esters (lactones) is 1. The maximum atomic E-state index is 12.7. The molecule has 2 unspecified atom stereocenters. The average molecular weight is 372 g/mol. The molecule has 27 heavy (non-hydrogen) atoms. The summed E-state index contributed by atoms with van der Waals surface area (Å²) in [4.78, 5) is 43.0. The van der Waals surface area contributed by atoms with Gasteiger partial charge in [-0.05, 0) is 12.5 Å². The number of esters is 1. The van der Waals surface area contributed by atoms with E-state index in [4.69, 9.17) is 15.2 Å². The van der Waals surface area contributed by atoms with Crippen molar-refractivity contribution in [1.29, 1.82) is 0 Å². The molecule has 1 fully saturated rings. The Labute approximate surface area is 155 Å². The van der Waals surface area contributed by atoms with Crippen molar-refractivity contribution in [2.24, 2.45) is 5.73 Å². The molecule has 2 aromatic rings. The molecule has 9 nitrogen and oxygen atoms in total. The number of H-pyrrole nitrogens is 1. The molecule has 0 saturated carbocycles. The summed E-state index contributed by atoms with van der Waals surface area (Å²) in [5.41, 5.74) is 4.58. The van der Waals surface area contributed by atoms with Crippen molar-refractivity contribution < 1.29 is 23.9 Å². The third-order valence-electron chi connectivity index (χ3n) is 4.35.